The molecular formula is C29H29F6N5O3. The van der Waals surface area contributed by atoms with E-state index in [2.05, 4.69) is 15.3 Å². The van der Waals surface area contributed by atoms with Crippen LogP contribution in [-0.4, -0.2) is 51.4 Å². The number of pyridine rings is 2. The zero-order valence-electron chi connectivity index (χ0n) is 23.1. The Morgan fingerprint density at radius 3 is 2.40 bits per heavy atom. The van der Waals surface area contributed by atoms with Crippen molar-refractivity contribution in [1.29, 1.82) is 0 Å². The number of aromatic nitrogens is 2. The second-order valence-electron chi connectivity index (χ2n) is 11.4. The summed E-state index contributed by atoms with van der Waals surface area (Å²) in [6, 6.07) is 2.63. The monoisotopic (exact) mass is 609 g/mol. The molecule has 0 radical (unpaired) electrons. The molecule has 3 atom stereocenters. The lowest BCUT2D eigenvalue weighted by Gasteiger charge is -2.40. The van der Waals surface area contributed by atoms with E-state index in [4.69, 9.17) is 5.73 Å². The highest BCUT2D eigenvalue weighted by atomic mass is 19.4. The molecule has 230 valence electrons. The molecule has 0 saturated carbocycles. The Labute approximate surface area is 242 Å². The summed E-state index contributed by atoms with van der Waals surface area (Å²) in [5.74, 6) is -6.25. The summed E-state index contributed by atoms with van der Waals surface area (Å²) < 4.78 is 85.9. The van der Waals surface area contributed by atoms with Crippen LogP contribution >= 0.6 is 0 Å². The number of carbonyl (C=O) groups excluding carboxylic acids is 1. The Bertz CT molecular complexity index is 1550. The molecule has 14 heteroatoms. The van der Waals surface area contributed by atoms with Crippen molar-refractivity contribution in [3.63, 3.8) is 0 Å². The van der Waals surface area contributed by atoms with Crippen LogP contribution in [0.2, 0.25) is 0 Å². The fraction of sp³-hybridized carbons (Fsp3) is 0.414. The molecule has 3 aromatic rings. The van der Waals surface area contributed by atoms with Gasteiger partial charge in [0.1, 0.15) is 28.8 Å². The van der Waals surface area contributed by atoms with Gasteiger partial charge in [0.05, 0.1) is 46.5 Å². The smallest absolute Gasteiger partial charge is 0.387 e. The van der Waals surface area contributed by atoms with Crippen molar-refractivity contribution < 1.29 is 41.4 Å². The minimum atomic E-state index is -4.51. The van der Waals surface area contributed by atoms with Gasteiger partial charge in [-0.25, -0.2) is 18.2 Å². The van der Waals surface area contributed by atoms with Gasteiger partial charge >= 0.3 is 6.18 Å². The van der Waals surface area contributed by atoms with Gasteiger partial charge in [0.15, 0.2) is 0 Å². The van der Waals surface area contributed by atoms with Crippen LogP contribution in [0.3, 0.4) is 0 Å². The second kappa shape index (κ2) is 11.1. The standard InChI is InChI=1S/C29H29F6N5O3/c1-28(2,43)13-8-18(31)23(19(32)9-13)25-17(30)4-5-20(38-25)27(42)39-21-10-37-24-16(3-6-22(24)41)26(21)40-11-14(29(33,34)35)7-15(36)12-40/h4-5,8-10,14-15,22,41,43H,3,6-7,11-12,36H2,1-2H3,(H,39,42). The van der Waals surface area contributed by atoms with E-state index in [1.165, 1.54) is 24.9 Å². The fourth-order valence-electron chi connectivity index (χ4n) is 5.60. The van der Waals surface area contributed by atoms with Crippen LogP contribution in [-0.2, 0) is 12.0 Å². The SMILES string of the molecule is CC(C)(O)c1cc(F)c(-c2nc(C(=O)Nc3cnc4c(c3N3CC(N)CC(C(F)(F)F)C3)CCC4O)ccc2F)c(F)c1. The quantitative estimate of drug-likeness (QED) is 0.308. The molecule has 1 aromatic carbocycles. The molecule has 1 aliphatic heterocycles. The summed E-state index contributed by atoms with van der Waals surface area (Å²) >= 11 is 0. The number of halogens is 6. The molecule has 2 aromatic heterocycles. The third kappa shape index (κ3) is 6.04. The molecule has 5 N–H and O–H groups in total. The van der Waals surface area contributed by atoms with E-state index in [9.17, 15) is 41.4 Å². The summed E-state index contributed by atoms with van der Waals surface area (Å²) in [6.45, 7) is 2.23. The molecule has 2 aliphatic rings. The lowest BCUT2D eigenvalue weighted by atomic mass is 9.93. The van der Waals surface area contributed by atoms with Crippen molar-refractivity contribution >= 4 is 17.3 Å². The van der Waals surface area contributed by atoms with Crippen molar-refractivity contribution in [2.45, 2.75) is 57.0 Å². The summed E-state index contributed by atoms with van der Waals surface area (Å²) in [4.78, 5) is 22.8. The molecule has 0 bridgehead atoms. The first-order chi connectivity index (χ1) is 20.0. The van der Waals surface area contributed by atoms with E-state index in [0.29, 0.717) is 5.56 Å². The molecule has 1 fully saturated rings. The largest absolute Gasteiger partial charge is 0.393 e. The molecule has 0 spiro atoms. The Morgan fingerprint density at radius 2 is 1.77 bits per heavy atom. The number of aliphatic hydroxyl groups excluding tert-OH is 1. The van der Waals surface area contributed by atoms with Crippen LogP contribution in [0.1, 0.15) is 60.1 Å². The maximum Gasteiger partial charge on any atom is 0.393 e. The van der Waals surface area contributed by atoms with E-state index in [-0.39, 0.29) is 48.4 Å². The Balaban J connectivity index is 1.52. The van der Waals surface area contributed by atoms with Crippen molar-refractivity contribution in [2.75, 3.05) is 23.3 Å². The van der Waals surface area contributed by atoms with Crippen LogP contribution in [0.15, 0.2) is 30.5 Å². The van der Waals surface area contributed by atoms with Crippen molar-refractivity contribution in [2.24, 2.45) is 11.7 Å². The van der Waals surface area contributed by atoms with Crippen molar-refractivity contribution in [3.05, 3.63) is 70.4 Å². The summed E-state index contributed by atoms with van der Waals surface area (Å²) in [7, 11) is 0. The van der Waals surface area contributed by atoms with Gasteiger partial charge in [0.2, 0.25) is 0 Å². The molecule has 3 unspecified atom stereocenters. The number of amides is 1. The molecule has 8 nitrogen and oxygen atoms in total. The predicted octanol–water partition coefficient (Wildman–Crippen LogP) is 4.74. The van der Waals surface area contributed by atoms with E-state index in [0.717, 1.165) is 24.3 Å². The van der Waals surface area contributed by atoms with Crippen LogP contribution in [0.4, 0.5) is 37.7 Å². The lowest BCUT2D eigenvalue weighted by Crippen LogP contribution is -2.51. The highest BCUT2D eigenvalue weighted by Gasteiger charge is 2.45. The first-order valence-electron chi connectivity index (χ1n) is 13.5. The van der Waals surface area contributed by atoms with E-state index in [1.54, 1.807) is 0 Å². The average molecular weight is 610 g/mol. The molecule has 5 rings (SSSR count). The maximum absolute atomic E-state index is 15.0. The third-order valence-electron chi connectivity index (χ3n) is 7.74. The lowest BCUT2D eigenvalue weighted by molar-refractivity contribution is -0.177. The number of anilines is 2. The molecule has 1 amide bonds. The van der Waals surface area contributed by atoms with Crippen LogP contribution in [0.25, 0.3) is 11.3 Å². The van der Waals surface area contributed by atoms with E-state index >= 15 is 0 Å². The van der Waals surface area contributed by atoms with Crippen molar-refractivity contribution in [3.8, 4) is 11.3 Å². The number of nitrogens with two attached hydrogens (primary N) is 1. The van der Waals surface area contributed by atoms with Gasteiger partial charge in [-0.2, -0.15) is 13.2 Å². The zero-order valence-corrected chi connectivity index (χ0v) is 23.1. The van der Waals surface area contributed by atoms with Crippen LogP contribution < -0.4 is 16.0 Å². The zero-order chi connectivity index (χ0) is 31.4. The minimum Gasteiger partial charge on any atom is -0.387 e. The number of nitrogens with zero attached hydrogens (tertiary/aromatic N) is 3. The summed E-state index contributed by atoms with van der Waals surface area (Å²) in [6.07, 6.45) is -3.97. The number of alkyl halides is 3. The summed E-state index contributed by atoms with van der Waals surface area (Å²) in [5.41, 5.74) is 3.17. The maximum atomic E-state index is 15.0. The number of piperidine rings is 1. The predicted molar refractivity (Wildman–Crippen MR) is 145 cm³/mol. The van der Waals surface area contributed by atoms with Gasteiger partial charge in [-0.1, -0.05) is 0 Å². The van der Waals surface area contributed by atoms with Gasteiger partial charge in [0.25, 0.3) is 5.91 Å². The Hall–Kier alpha value is -3.75. The number of benzene rings is 1. The minimum absolute atomic E-state index is 0.00689. The number of carbonyl (C=O) groups is 1. The van der Waals surface area contributed by atoms with Gasteiger partial charge in [-0.05, 0) is 62.9 Å². The molecule has 1 saturated heterocycles. The van der Waals surface area contributed by atoms with E-state index in [1.807, 2.05) is 0 Å². The highest BCUT2D eigenvalue weighted by Crippen LogP contribution is 2.43. The fourth-order valence-corrected chi connectivity index (χ4v) is 5.60. The number of hydrogen-bond acceptors (Lipinski definition) is 7. The first-order valence-corrected chi connectivity index (χ1v) is 13.5. The normalized spacial score (nSPS) is 20.7. The second-order valence-corrected chi connectivity index (χ2v) is 11.4. The number of aliphatic hydroxyl groups is 2. The Morgan fingerprint density at radius 1 is 1.09 bits per heavy atom. The van der Waals surface area contributed by atoms with Crippen LogP contribution in [0.5, 0.6) is 0 Å². The van der Waals surface area contributed by atoms with Gasteiger partial charge in [0, 0.05) is 24.7 Å². The number of nitrogens with one attached hydrogen (secondary N) is 1. The Kier molecular flexibility index (Phi) is 7.90. The number of rotatable bonds is 5. The summed E-state index contributed by atoms with van der Waals surface area (Å²) in [5, 5.41) is 23.0. The number of fused-ring (bicyclic) bond motifs is 1. The molecular weight excluding hydrogens is 580 g/mol. The average Bonchev–Trinajstić information content (AvgIpc) is 3.28. The van der Waals surface area contributed by atoms with Gasteiger partial charge in [-0.15, -0.1) is 0 Å². The van der Waals surface area contributed by atoms with Crippen LogP contribution in [0, 0.1) is 23.4 Å². The topological polar surface area (TPSA) is 125 Å². The number of hydrogen-bond donors (Lipinski definition) is 4. The van der Waals surface area contributed by atoms with Gasteiger partial charge < -0.3 is 26.2 Å². The molecule has 1 aliphatic carbocycles. The molecule has 3 heterocycles. The van der Waals surface area contributed by atoms with Crippen molar-refractivity contribution in [1.82, 2.24) is 9.97 Å². The third-order valence-corrected chi connectivity index (χ3v) is 7.74. The molecule has 43 heavy (non-hydrogen) atoms. The highest BCUT2D eigenvalue weighted by molar-refractivity contribution is 6.05. The van der Waals surface area contributed by atoms with Gasteiger partial charge in [-0.3, -0.25) is 9.78 Å². The first kappa shape index (κ1) is 30.7. The van der Waals surface area contributed by atoms with E-state index < -0.39 is 76.7 Å².